The molecule has 0 saturated heterocycles. The van der Waals surface area contributed by atoms with Gasteiger partial charge in [-0.2, -0.15) is 0 Å². The van der Waals surface area contributed by atoms with Crippen molar-refractivity contribution in [3.8, 4) is 0 Å². The van der Waals surface area contributed by atoms with Crippen LogP contribution < -0.4 is 4.57 Å². The number of imidazole rings is 1. The lowest BCUT2D eigenvalue weighted by atomic mass is 10.0. The first-order chi connectivity index (χ1) is 20.8. The van der Waals surface area contributed by atoms with Crippen LogP contribution in [0.5, 0.6) is 0 Å². The Kier molecular flexibility index (Phi) is 29.5. The molecular formula is C40H79N2+. The fourth-order valence-corrected chi connectivity index (χ4v) is 6.68. The Balaban J connectivity index is 2.10. The highest BCUT2D eigenvalue weighted by Gasteiger charge is 2.16. The summed E-state index contributed by atoms with van der Waals surface area (Å²) < 4.78 is 5.22. The molecule has 2 heteroatoms. The minimum absolute atomic E-state index is 1.22. The maximum atomic E-state index is 2.62. The third-order valence-electron chi connectivity index (χ3n) is 9.60. The van der Waals surface area contributed by atoms with Gasteiger partial charge in [0.15, 0.2) is 0 Å². The van der Waals surface area contributed by atoms with Crippen molar-refractivity contribution in [2.75, 3.05) is 0 Å². The van der Waals surface area contributed by atoms with E-state index >= 15 is 0 Å². The van der Waals surface area contributed by atoms with E-state index < -0.39 is 0 Å². The lowest BCUT2D eigenvalue weighted by Gasteiger charge is -2.07. The van der Waals surface area contributed by atoms with Crippen LogP contribution in [-0.2, 0) is 19.5 Å². The van der Waals surface area contributed by atoms with Gasteiger partial charge in [-0.1, -0.05) is 188 Å². The lowest BCUT2D eigenvalue weighted by Crippen LogP contribution is -2.37. The molecule has 1 heterocycles. The van der Waals surface area contributed by atoms with Gasteiger partial charge in [-0.3, -0.25) is 0 Å². The highest BCUT2D eigenvalue weighted by atomic mass is 15.1. The Hall–Kier alpha value is -0.790. The summed E-state index contributed by atoms with van der Waals surface area (Å²) in [4.78, 5) is 0. The quantitative estimate of drug-likeness (QED) is 0.0560. The number of unbranched alkanes of at least 4 members (excludes halogenated alkanes) is 28. The monoisotopic (exact) mass is 588 g/mol. The van der Waals surface area contributed by atoms with Gasteiger partial charge in [0.25, 0.3) is 5.82 Å². The van der Waals surface area contributed by atoms with Gasteiger partial charge in [-0.05, 0) is 32.1 Å². The Morgan fingerprint density at radius 2 is 0.738 bits per heavy atom. The zero-order valence-corrected chi connectivity index (χ0v) is 29.6. The first-order valence-electron chi connectivity index (χ1n) is 19.9. The van der Waals surface area contributed by atoms with Crippen molar-refractivity contribution >= 4 is 0 Å². The molecule has 42 heavy (non-hydrogen) atoms. The number of hydrogen-bond donors (Lipinski definition) is 0. The molecular weight excluding hydrogens is 508 g/mol. The standard InChI is InChI=1S/C40H79N2/c1-4-7-10-12-14-16-18-19-20-21-22-23-25-27-29-31-34-37-42-39-38-41(36-33-9-6-3)40(42)35-32-30-28-26-24-17-15-13-11-8-5-2/h38-39H,4-37H2,1-3H3/q+1. The molecule has 1 aromatic rings. The molecule has 1 rings (SSSR count). The molecule has 0 fully saturated rings. The Morgan fingerprint density at radius 1 is 0.405 bits per heavy atom. The van der Waals surface area contributed by atoms with E-state index in [-0.39, 0.29) is 0 Å². The van der Waals surface area contributed by atoms with Gasteiger partial charge in [-0.25, -0.2) is 9.13 Å². The van der Waals surface area contributed by atoms with E-state index in [1.165, 1.54) is 219 Å². The summed E-state index contributed by atoms with van der Waals surface area (Å²) in [5, 5.41) is 0. The van der Waals surface area contributed by atoms with Gasteiger partial charge in [0.2, 0.25) is 0 Å². The third kappa shape index (κ3) is 23.6. The Labute approximate surface area is 266 Å². The summed E-state index contributed by atoms with van der Waals surface area (Å²) in [5.74, 6) is 1.61. The Bertz CT molecular complexity index is 648. The van der Waals surface area contributed by atoms with Crippen LogP contribution in [0, 0.1) is 0 Å². The minimum Gasteiger partial charge on any atom is -0.234 e. The van der Waals surface area contributed by atoms with Crippen LogP contribution in [0.25, 0.3) is 0 Å². The average Bonchev–Trinajstić information content (AvgIpc) is 3.38. The van der Waals surface area contributed by atoms with Crippen molar-refractivity contribution < 1.29 is 4.57 Å². The maximum absolute atomic E-state index is 2.62. The predicted octanol–water partition coefficient (Wildman–Crippen LogP) is 13.5. The molecule has 2 nitrogen and oxygen atoms in total. The van der Waals surface area contributed by atoms with Crippen LogP contribution in [0.2, 0.25) is 0 Å². The zero-order valence-electron chi connectivity index (χ0n) is 29.6. The molecule has 0 bridgehead atoms. The molecule has 0 saturated carbocycles. The first-order valence-corrected chi connectivity index (χ1v) is 19.9. The van der Waals surface area contributed by atoms with Crippen LogP contribution in [0.15, 0.2) is 12.4 Å². The smallest absolute Gasteiger partial charge is 0.234 e. The molecule has 248 valence electrons. The summed E-state index contributed by atoms with van der Waals surface area (Å²) in [5.41, 5.74) is 0. The van der Waals surface area contributed by atoms with Crippen molar-refractivity contribution in [2.45, 2.75) is 239 Å². The number of hydrogen-bond acceptors (Lipinski definition) is 0. The van der Waals surface area contributed by atoms with Gasteiger partial charge in [0.05, 0.1) is 13.1 Å². The van der Waals surface area contributed by atoms with E-state index in [0.29, 0.717) is 0 Å². The fraction of sp³-hybridized carbons (Fsp3) is 0.925. The number of aromatic nitrogens is 2. The molecule has 0 aromatic carbocycles. The molecule has 1 aromatic heterocycles. The second-order valence-corrected chi connectivity index (χ2v) is 13.8. The average molecular weight is 588 g/mol. The normalized spacial score (nSPS) is 11.6. The third-order valence-corrected chi connectivity index (χ3v) is 9.60. The Morgan fingerprint density at radius 3 is 1.14 bits per heavy atom. The highest BCUT2D eigenvalue weighted by Crippen LogP contribution is 2.16. The van der Waals surface area contributed by atoms with E-state index in [2.05, 4.69) is 42.3 Å². The summed E-state index contributed by atoms with van der Waals surface area (Å²) in [6.45, 7) is 9.38. The first kappa shape index (κ1) is 39.2. The van der Waals surface area contributed by atoms with Crippen molar-refractivity contribution in [1.82, 2.24) is 4.57 Å². The summed E-state index contributed by atoms with van der Waals surface area (Å²) in [6, 6.07) is 0. The topological polar surface area (TPSA) is 8.81 Å². The molecule has 0 radical (unpaired) electrons. The van der Waals surface area contributed by atoms with Crippen LogP contribution >= 0.6 is 0 Å². The van der Waals surface area contributed by atoms with Gasteiger partial charge >= 0.3 is 0 Å². The predicted molar refractivity (Wildman–Crippen MR) is 188 cm³/mol. The second kappa shape index (κ2) is 31.6. The van der Waals surface area contributed by atoms with Gasteiger partial charge in [0, 0.05) is 6.42 Å². The molecule has 0 spiro atoms. The summed E-state index contributed by atoms with van der Waals surface area (Å²) >= 11 is 0. The summed E-state index contributed by atoms with van der Waals surface area (Å²) in [6.07, 6.45) is 50.5. The van der Waals surface area contributed by atoms with Crippen LogP contribution in [0.4, 0.5) is 0 Å². The number of nitrogens with zero attached hydrogens (tertiary/aromatic N) is 2. The van der Waals surface area contributed by atoms with Crippen LogP contribution in [-0.4, -0.2) is 4.57 Å². The molecule has 0 amide bonds. The van der Waals surface area contributed by atoms with Crippen LogP contribution in [0.3, 0.4) is 0 Å². The van der Waals surface area contributed by atoms with Gasteiger partial charge in [-0.15, -0.1) is 0 Å². The lowest BCUT2D eigenvalue weighted by molar-refractivity contribution is -0.704. The SMILES string of the molecule is CCCCCCCCCCCCCCCCCCCn1cc[n+](CCCCC)c1CCCCCCCCCCCCC. The van der Waals surface area contributed by atoms with E-state index in [4.69, 9.17) is 0 Å². The minimum atomic E-state index is 1.22. The molecule has 0 aliphatic heterocycles. The fourth-order valence-electron chi connectivity index (χ4n) is 6.68. The van der Waals surface area contributed by atoms with Crippen molar-refractivity contribution in [2.24, 2.45) is 0 Å². The number of aryl methyl sites for hydroxylation is 2. The van der Waals surface area contributed by atoms with E-state index in [9.17, 15) is 0 Å². The van der Waals surface area contributed by atoms with Crippen LogP contribution in [0.1, 0.15) is 226 Å². The van der Waals surface area contributed by atoms with Crippen molar-refractivity contribution in [3.05, 3.63) is 18.2 Å². The van der Waals surface area contributed by atoms with Gasteiger partial charge < -0.3 is 0 Å². The number of rotatable bonds is 34. The van der Waals surface area contributed by atoms with E-state index in [1.54, 1.807) is 5.82 Å². The second-order valence-electron chi connectivity index (χ2n) is 13.8. The molecule has 0 atom stereocenters. The van der Waals surface area contributed by atoms with Crippen molar-refractivity contribution in [3.63, 3.8) is 0 Å². The van der Waals surface area contributed by atoms with Crippen molar-refractivity contribution in [1.29, 1.82) is 0 Å². The molecule has 0 unspecified atom stereocenters. The largest absolute Gasteiger partial charge is 0.256 e. The highest BCUT2D eigenvalue weighted by molar-refractivity contribution is 4.84. The molecule has 0 N–H and O–H groups in total. The van der Waals surface area contributed by atoms with Gasteiger partial charge in [0.1, 0.15) is 12.4 Å². The maximum Gasteiger partial charge on any atom is 0.256 e. The molecule has 0 aliphatic rings. The molecule has 0 aliphatic carbocycles. The van der Waals surface area contributed by atoms with E-state index in [0.717, 1.165) is 0 Å². The van der Waals surface area contributed by atoms with E-state index in [1.807, 2.05) is 0 Å². The zero-order chi connectivity index (χ0) is 30.2. The summed E-state index contributed by atoms with van der Waals surface area (Å²) in [7, 11) is 0.